The van der Waals surface area contributed by atoms with Crippen molar-refractivity contribution in [2.24, 2.45) is 11.7 Å². The van der Waals surface area contributed by atoms with Gasteiger partial charge in [-0.25, -0.2) is 4.98 Å². The van der Waals surface area contributed by atoms with Gasteiger partial charge in [-0.2, -0.15) is 0 Å². The summed E-state index contributed by atoms with van der Waals surface area (Å²) in [5, 5.41) is 2.97. The highest BCUT2D eigenvalue weighted by atomic mass is 35.5. The van der Waals surface area contributed by atoms with Crippen molar-refractivity contribution in [1.82, 2.24) is 9.88 Å². The number of hydrogen-bond donors (Lipinski definition) is 1. The van der Waals surface area contributed by atoms with Gasteiger partial charge in [0.25, 0.3) is 5.91 Å². The number of carbonyl (C=O) groups excluding carboxylic acids is 1. The first-order valence-corrected chi connectivity index (χ1v) is 9.32. The Balaban J connectivity index is 0.00000144. The second kappa shape index (κ2) is 9.15. The van der Waals surface area contributed by atoms with Gasteiger partial charge in [-0.3, -0.25) is 4.79 Å². The summed E-state index contributed by atoms with van der Waals surface area (Å²) >= 11 is 3.15. The van der Waals surface area contributed by atoms with E-state index in [0.717, 1.165) is 39.8 Å². The van der Waals surface area contributed by atoms with E-state index in [1.807, 2.05) is 29.3 Å². The van der Waals surface area contributed by atoms with Crippen LogP contribution in [0.2, 0.25) is 0 Å². The van der Waals surface area contributed by atoms with E-state index in [1.165, 1.54) is 11.3 Å². The predicted octanol–water partition coefficient (Wildman–Crippen LogP) is 4.22. The Morgan fingerprint density at radius 3 is 2.83 bits per heavy atom. The molecule has 8 heteroatoms. The molecule has 4 nitrogen and oxygen atoms in total. The lowest BCUT2D eigenvalue weighted by molar-refractivity contribution is 0.0577. The van der Waals surface area contributed by atoms with E-state index in [2.05, 4.69) is 11.9 Å². The molecule has 2 atom stereocenters. The Hall–Kier alpha value is -0.660. The molecule has 2 unspecified atom stereocenters. The molecule has 134 valence electrons. The monoisotopic (exact) mass is 407 g/mol. The second-order valence-corrected chi connectivity index (χ2v) is 7.88. The van der Waals surface area contributed by atoms with E-state index in [4.69, 9.17) is 5.73 Å². The van der Waals surface area contributed by atoms with Crippen molar-refractivity contribution >= 4 is 53.4 Å². The zero-order valence-electron chi connectivity index (χ0n) is 13.7. The van der Waals surface area contributed by atoms with Crippen LogP contribution >= 0.6 is 47.5 Å². The van der Waals surface area contributed by atoms with E-state index in [9.17, 15) is 4.79 Å². The number of aryl methyl sites for hydroxylation is 1. The topological polar surface area (TPSA) is 59.2 Å². The Bertz CT molecular complexity index is 660. The number of carbonyl (C=O) groups is 1. The number of aromatic nitrogens is 1. The average molecular weight is 408 g/mol. The molecule has 0 spiro atoms. The maximum absolute atomic E-state index is 12.9. The molecule has 1 saturated heterocycles. The molecule has 0 saturated carbocycles. The Morgan fingerprint density at radius 2 is 2.21 bits per heavy atom. The van der Waals surface area contributed by atoms with E-state index in [1.54, 1.807) is 11.3 Å². The van der Waals surface area contributed by atoms with Crippen molar-refractivity contribution in [2.75, 3.05) is 13.1 Å². The molecule has 3 rings (SSSR count). The van der Waals surface area contributed by atoms with Gasteiger partial charge in [0.15, 0.2) is 0 Å². The lowest BCUT2D eigenvalue weighted by atomic mass is 9.92. The number of piperidine rings is 1. The summed E-state index contributed by atoms with van der Waals surface area (Å²) in [7, 11) is 0. The Labute approximate surface area is 163 Å². The van der Waals surface area contributed by atoms with Crippen LogP contribution < -0.4 is 5.73 Å². The van der Waals surface area contributed by atoms with Crippen molar-refractivity contribution in [3.8, 4) is 9.88 Å². The third kappa shape index (κ3) is 4.29. The van der Waals surface area contributed by atoms with E-state index < -0.39 is 0 Å². The number of nitrogens with zero attached hydrogens (tertiary/aromatic N) is 2. The number of likely N-dealkylation sites (tertiary alicyclic amines) is 1. The molecular formula is C16H23Cl2N3OS2. The molecule has 0 aliphatic carbocycles. The fourth-order valence-corrected chi connectivity index (χ4v) is 4.79. The average Bonchev–Trinajstić information content (AvgIpc) is 3.15. The second-order valence-electron chi connectivity index (χ2n) is 5.93. The highest BCUT2D eigenvalue weighted by Crippen LogP contribution is 2.33. The SMILES string of the molecule is Cc1nc(-c2cccs2)sc1C(=O)N1CCC(C)CC1CN.Cl.Cl. The molecule has 1 amide bonds. The molecule has 3 heterocycles. The first-order valence-electron chi connectivity index (χ1n) is 7.62. The fourth-order valence-electron chi connectivity index (χ4n) is 2.97. The molecular weight excluding hydrogens is 385 g/mol. The minimum Gasteiger partial charge on any atom is -0.334 e. The van der Waals surface area contributed by atoms with Crippen LogP contribution in [0.15, 0.2) is 17.5 Å². The summed E-state index contributed by atoms with van der Waals surface area (Å²) in [4.78, 5) is 21.3. The minimum atomic E-state index is 0. The lowest BCUT2D eigenvalue weighted by Crippen LogP contribution is -2.49. The normalized spacial score (nSPS) is 20.2. The molecule has 0 aromatic carbocycles. The van der Waals surface area contributed by atoms with Gasteiger partial charge in [-0.15, -0.1) is 47.5 Å². The Kier molecular flexibility index (Phi) is 8.15. The van der Waals surface area contributed by atoms with Crippen molar-refractivity contribution in [3.05, 3.63) is 28.1 Å². The number of rotatable bonds is 3. The molecule has 24 heavy (non-hydrogen) atoms. The van der Waals surface area contributed by atoms with Gasteiger partial charge in [0.2, 0.25) is 0 Å². The maximum atomic E-state index is 12.9. The highest BCUT2D eigenvalue weighted by Gasteiger charge is 2.31. The summed E-state index contributed by atoms with van der Waals surface area (Å²) in [5.74, 6) is 0.738. The van der Waals surface area contributed by atoms with Gasteiger partial charge in [0, 0.05) is 19.1 Å². The molecule has 2 aromatic rings. The van der Waals surface area contributed by atoms with Crippen LogP contribution in [0.5, 0.6) is 0 Å². The van der Waals surface area contributed by atoms with Gasteiger partial charge in [-0.1, -0.05) is 13.0 Å². The van der Waals surface area contributed by atoms with Crippen molar-refractivity contribution < 1.29 is 4.79 Å². The van der Waals surface area contributed by atoms with E-state index in [-0.39, 0.29) is 36.8 Å². The van der Waals surface area contributed by atoms with Crippen LogP contribution in [-0.2, 0) is 0 Å². The number of thiophene rings is 1. The van der Waals surface area contributed by atoms with E-state index >= 15 is 0 Å². The summed E-state index contributed by atoms with van der Waals surface area (Å²) in [6.45, 7) is 5.49. The van der Waals surface area contributed by atoms with Gasteiger partial charge in [-0.05, 0) is 37.1 Å². The van der Waals surface area contributed by atoms with E-state index in [0.29, 0.717) is 12.5 Å². The third-order valence-electron chi connectivity index (χ3n) is 4.23. The number of halogens is 2. The number of nitrogens with two attached hydrogens (primary N) is 1. The molecule has 1 aliphatic heterocycles. The zero-order valence-corrected chi connectivity index (χ0v) is 17.0. The van der Waals surface area contributed by atoms with Crippen LogP contribution in [0.4, 0.5) is 0 Å². The zero-order chi connectivity index (χ0) is 15.7. The molecule has 0 radical (unpaired) electrons. The van der Waals surface area contributed by atoms with Crippen LogP contribution in [0.25, 0.3) is 9.88 Å². The van der Waals surface area contributed by atoms with Crippen molar-refractivity contribution in [3.63, 3.8) is 0 Å². The maximum Gasteiger partial charge on any atom is 0.266 e. The first kappa shape index (κ1) is 21.4. The minimum absolute atomic E-state index is 0. The summed E-state index contributed by atoms with van der Waals surface area (Å²) in [6.07, 6.45) is 2.05. The molecule has 0 bridgehead atoms. The molecule has 1 fully saturated rings. The van der Waals surface area contributed by atoms with Crippen LogP contribution in [-0.4, -0.2) is 34.9 Å². The lowest BCUT2D eigenvalue weighted by Gasteiger charge is -2.37. The Morgan fingerprint density at radius 1 is 1.46 bits per heavy atom. The number of amides is 1. The molecule has 1 aliphatic rings. The highest BCUT2D eigenvalue weighted by molar-refractivity contribution is 7.22. The van der Waals surface area contributed by atoms with Crippen molar-refractivity contribution in [1.29, 1.82) is 0 Å². The van der Waals surface area contributed by atoms with Gasteiger partial charge >= 0.3 is 0 Å². The molecule has 2 aromatic heterocycles. The first-order chi connectivity index (χ1) is 10.6. The number of hydrogen-bond acceptors (Lipinski definition) is 5. The third-order valence-corrected chi connectivity index (χ3v) is 6.42. The summed E-state index contributed by atoms with van der Waals surface area (Å²) < 4.78 is 0. The summed E-state index contributed by atoms with van der Waals surface area (Å²) in [5.41, 5.74) is 6.71. The van der Waals surface area contributed by atoms with Crippen LogP contribution in [0, 0.1) is 12.8 Å². The van der Waals surface area contributed by atoms with Crippen LogP contribution in [0.1, 0.15) is 35.1 Å². The fraction of sp³-hybridized carbons (Fsp3) is 0.500. The van der Waals surface area contributed by atoms with Gasteiger partial charge < -0.3 is 10.6 Å². The largest absolute Gasteiger partial charge is 0.334 e. The van der Waals surface area contributed by atoms with Crippen molar-refractivity contribution in [2.45, 2.75) is 32.7 Å². The van der Waals surface area contributed by atoms with Gasteiger partial charge in [0.05, 0.1) is 10.6 Å². The molecule has 2 N–H and O–H groups in total. The summed E-state index contributed by atoms with van der Waals surface area (Å²) in [6, 6.07) is 4.21. The quantitative estimate of drug-likeness (QED) is 0.827. The smallest absolute Gasteiger partial charge is 0.266 e. The van der Waals surface area contributed by atoms with Crippen LogP contribution in [0.3, 0.4) is 0 Å². The number of thiazole rings is 1. The standard InChI is InChI=1S/C16H21N3OS2.2ClH/c1-10-5-6-19(12(8-10)9-17)16(20)14-11(2)18-15(22-14)13-4-3-7-21-13;;/h3-4,7,10,12H,5-6,8-9,17H2,1-2H3;2*1H. The van der Waals surface area contributed by atoms with Gasteiger partial charge in [0.1, 0.15) is 9.88 Å². The predicted molar refractivity (Wildman–Crippen MR) is 107 cm³/mol.